The number of aryl methyl sites for hydroxylation is 1. The number of nitrogens with zero attached hydrogens (tertiary/aromatic N) is 1. The van der Waals surface area contributed by atoms with Gasteiger partial charge in [0.25, 0.3) is 0 Å². The van der Waals surface area contributed by atoms with Gasteiger partial charge >= 0.3 is 0 Å². The predicted molar refractivity (Wildman–Crippen MR) is 300 cm³/mol. The van der Waals surface area contributed by atoms with Crippen LogP contribution in [-0.4, -0.2) is 7.28 Å². The zero-order valence-corrected chi connectivity index (χ0v) is 42.3. The van der Waals surface area contributed by atoms with E-state index >= 15 is 0 Å². The Morgan fingerprint density at radius 2 is 1.17 bits per heavy atom. The van der Waals surface area contributed by atoms with Crippen molar-refractivity contribution in [3.05, 3.63) is 185 Å². The fourth-order valence-corrected chi connectivity index (χ4v) is 12.6. The average molecular weight is 908 g/mol. The van der Waals surface area contributed by atoms with Crippen LogP contribution in [0.1, 0.15) is 109 Å². The Hall–Kier alpha value is -7.04. The van der Waals surface area contributed by atoms with Crippen LogP contribution in [0.3, 0.4) is 0 Å². The molecule has 1 radical (unpaired) electrons. The second kappa shape index (κ2) is 14.7. The van der Waals surface area contributed by atoms with Crippen molar-refractivity contribution >= 4 is 90.1 Å². The smallest absolute Gasteiger partial charge is 0.197 e. The molecule has 0 saturated carbocycles. The summed E-state index contributed by atoms with van der Waals surface area (Å²) >= 11 is 0. The maximum Gasteiger partial charge on any atom is 0.197 e. The van der Waals surface area contributed by atoms with Crippen molar-refractivity contribution in [1.29, 1.82) is 0 Å². The first kappa shape index (κ1) is 43.0. The molecule has 70 heavy (non-hydrogen) atoms. The maximum absolute atomic E-state index is 7.02. The van der Waals surface area contributed by atoms with Gasteiger partial charge in [0, 0.05) is 61.6 Å². The highest BCUT2D eigenvalue weighted by Gasteiger charge is 2.39. The molecule has 1 N–H and O–H groups in total. The molecule has 3 nitrogen and oxygen atoms in total. The van der Waals surface area contributed by atoms with Crippen LogP contribution in [0, 0.1) is 6.92 Å². The quantitative estimate of drug-likeness (QED) is 0.178. The lowest BCUT2D eigenvalue weighted by atomic mass is 9.57. The van der Waals surface area contributed by atoms with Crippen LogP contribution in [0.5, 0.6) is 0 Å². The average Bonchev–Trinajstić information content (AvgIpc) is 3.80. The summed E-state index contributed by atoms with van der Waals surface area (Å²) < 4.78 is 7.02. The predicted octanol–water partition coefficient (Wildman–Crippen LogP) is 17.0. The Balaban J connectivity index is 1.06. The van der Waals surface area contributed by atoms with E-state index in [0.717, 1.165) is 52.0 Å². The van der Waals surface area contributed by atoms with E-state index in [1.807, 2.05) is 0 Å². The third-order valence-electron chi connectivity index (χ3n) is 16.8. The van der Waals surface area contributed by atoms with Crippen LogP contribution in [0.15, 0.2) is 156 Å². The lowest BCUT2D eigenvalue weighted by Gasteiger charge is -2.41. The second-order valence-electron chi connectivity index (χ2n) is 23.6. The van der Waals surface area contributed by atoms with Gasteiger partial charge in [-0.3, -0.25) is 0 Å². The summed E-state index contributed by atoms with van der Waals surface area (Å²) in [5.41, 5.74) is 23.1. The minimum Gasteiger partial charge on any atom is -0.456 e. The van der Waals surface area contributed by atoms with Crippen molar-refractivity contribution in [3.8, 4) is 22.3 Å². The minimum absolute atomic E-state index is 0.00936. The van der Waals surface area contributed by atoms with Crippen molar-refractivity contribution in [3.63, 3.8) is 0 Å². The number of hydrogen-bond donors (Lipinski definition) is 1. The molecule has 3 aliphatic rings. The Bertz CT molecular complexity index is 3880. The molecule has 0 fully saturated rings. The molecule has 343 valence electrons. The molecule has 0 saturated heterocycles. The molecule has 0 unspecified atom stereocenters. The maximum atomic E-state index is 7.02. The summed E-state index contributed by atoms with van der Waals surface area (Å²) in [5.74, 6) is 0. The van der Waals surface area contributed by atoms with Gasteiger partial charge in [0.15, 0.2) is 7.28 Å². The summed E-state index contributed by atoms with van der Waals surface area (Å²) in [4.78, 5) is 2.55. The van der Waals surface area contributed by atoms with E-state index in [4.69, 9.17) is 4.42 Å². The number of hydrogen-bond acceptors (Lipinski definition) is 3. The lowest BCUT2D eigenvalue weighted by molar-refractivity contribution is 0.332. The van der Waals surface area contributed by atoms with E-state index < -0.39 is 0 Å². The molecule has 0 bridgehead atoms. The van der Waals surface area contributed by atoms with Gasteiger partial charge in [-0.1, -0.05) is 165 Å². The highest BCUT2D eigenvalue weighted by Crippen LogP contribution is 2.52. The molecule has 1 aliphatic heterocycles. The monoisotopic (exact) mass is 907 g/mol. The van der Waals surface area contributed by atoms with Crippen LogP contribution in [0.4, 0.5) is 28.4 Å². The van der Waals surface area contributed by atoms with Crippen molar-refractivity contribution in [2.24, 2.45) is 0 Å². The van der Waals surface area contributed by atoms with Crippen molar-refractivity contribution < 1.29 is 4.42 Å². The number of benzene rings is 9. The van der Waals surface area contributed by atoms with Gasteiger partial charge in [0.1, 0.15) is 11.2 Å². The molecule has 0 spiro atoms. The molecular formula is C66H60BN2O. The SMILES string of the molecule is Cc1cc(C(C)(C)C)ccc1N1c2cc3oc4cc5c(cc4c3cc2[B]c2c(-c3cc4ccccc4cc3Nc3ccc4c(c3)C(C)(C)c3ccccc3-4)cc3ccccc3c21)C(C)(C)CCC5(C)C. The minimum atomic E-state index is -0.111. The van der Waals surface area contributed by atoms with Gasteiger partial charge in [-0.15, -0.1) is 0 Å². The second-order valence-corrected chi connectivity index (χ2v) is 23.6. The summed E-state index contributed by atoms with van der Waals surface area (Å²) in [6.07, 6.45) is 2.32. The zero-order valence-electron chi connectivity index (χ0n) is 42.3. The number of anilines is 5. The van der Waals surface area contributed by atoms with Crippen LogP contribution in [-0.2, 0) is 21.7 Å². The number of rotatable bonds is 4. The Morgan fingerprint density at radius 3 is 1.93 bits per heavy atom. The summed E-state index contributed by atoms with van der Waals surface area (Å²) in [5, 5.41) is 11.2. The molecule has 9 aromatic carbocycles. The summed E-state index contributed by atoms with van der Waals surface area (Å²) in [6.45, 7) is 23.5. The third kappa shape index (κ3) is 6.41. The number of furan rings is 1. The highest BCUT2D eigenvalue weighted by atomic mass is 16.3. The van der Waals surface area contributed by atoms with E-state index in [2.05, 4.69) is 238 Å². The van der Waals surface area contributed by atoms with E-state index in [1.165, 1.54) is 99.3 Å². The standard InChI is InChI=1S/C66H60BN2O/c1-38-29-42(63(2,3)4)23-26-57(38)69-58-37-60-49(48-34-53-54(36-59(48)70-60)65(7,8)28-27-64(53,5)6)35-55(58)67-61-50(31-41-19-13-14-20-44(41)62(61)69)47-30-39-17-11-12-18-40(39)32-56(47)68-43-24-25-46-45-21-15-16-22-51(45)66(9,10)52(46)33-43/h11-26,29-37,68H,27-28H2,1-10H3. The van der Waals surface area contributed by atoms with Gasteiger partial charge in [0.05, 0.1) is 0 Å². The Kier molecular flexibility index (Phi) is 9.06. The topological polar surface area (TPSA) is 28.4 Å². The van der Waals surface area contributed by atoms with E-state index in [9.17, 15) is 0 Å². The molecule has 10 aromatic rings. The molecule has 1 aromatic heterocycles. The number of nitrogens with one attached hydrogen (secondary N) is 1. The van der Waals surface area contributed by atoms with Gasteiger partial charge in [-0.25, -0.2) is 0 Å². The molecule has 4 heteroatoms. The van der Waals surface area contributed by atoms with E-state index in [0.29, 0.717) is 0 Å². The Morgan fingerprint density at radius 1 is 0.529 bits per heavy atom. The number of fused-ring (bicyclic) bond motifs is 12. The summed E-state index contributed by atoms with van der Waals surface area (Å²) in [6, 6.07) is 57.5. The van der Waals surface area contributed by atoms with E-state index in [1.54, 1.807) is 0 Å². The molecule has 2 aliphatic carbocycles. The summed E-state index contributed by atoms with van der Waals surface area (Å²) in [7, 11) is 2.47. The fraction of sp³-hybridized carbons (Fsp3) is 0.242. The van der Waals surface area contributed by atoms with Crippen LogP contribution >= 0.6 is 0 Å². The zero-order chi connectivity index (χ0) is 48.2. The van der Waals surface area contributed by atoms with Crippen molar-refractivity contribution in [2.45, 2.75) is 104 Å². The first-order valence-electron chi connectivity index (χ1n) is 25.4. The van der Waals surface area contributed by atoms with E-state index in [-0.39, 0.29) is 21.7 Å². The molecular weight excluding hydrogens is 848 g/mol. The fourth-order valence-electron chi connectivity index (χ4n) is 12.6. The normalized spacial score (nSPS) is 16.2. The van der Waals surface area contributed by atoms with Crippen LogP contribution in [0.2, 0.25) is 0 Å². The molecule has 0 amide bonds. The molecule has 13 rings (SSSR count). The first-order valence-corrected chi connectivity index (χ1v) is 25.4. The third-order valence-corrected chi connectivity index (χ3v) is 16.8. The highest BCUT2D eigenvalue weighted by molar-refractivity contribution is 6.74. The molecule has 2 heterocycles. The Labute approximate surface area is 413 Å². The van der Waals surface area contributed by atoms with Crippen molar-refractivity contribution in [2.75, 3.05) is 10.2 Å². The first-order chi connectivity index (χ1) is 33.4. The van der Waals surface area contributed by atoms with Gasteiger partial charge in [0.2, 0.25) is 0 Å². The largest absolute Gasteiger partial charge is 0.456 e. The van der Waals surface area contributed by atoms with Gasteiger partial charge in [-0.2, -0.15) is 0 Å². The molecule has 0 atom stereocenters. The van der Waals surface area contributed by atoms with Gasteiger partial charge < -0.3 is 14.6 Å². The van der Waals surface area contributed by atoms with Crippen molar-refractivity contribution in [1.82, 2.24) is 0 Å². The van der Waals surface area contributed by atoms with Gasteiger partial charge in [-0.05, 0) is 156 Å². The van der Waals surface area contributed by atoms with Crippen LogP contribution in [0.25, 0.3) is 65.7 Å². The lowest BCUT2D eigenvalue weighted by Crippen LogP contribution is -2.41. The van der Waals surface area contributed by atoms with Crippen LogP contribution < -0.4 is 21.1 Å².